The van der Waals surface area contributed by atoms with Crippen molar-refractivity contribution in [1.82, 2.24) is 19.5 Å². The van der Waals surface area contributed by atoms with Crippen molar-refractivity contribution in [3.05, 3.63) is 30.2 Å². The van der Waals surface area contributed by atoms with Gasteiger partial charge in [0, 0.05) is 19.8 Å². The fourth-order valence-corrected chi connectivity index (χ4v) is 2.11. The molecule has 0 spiro atoms. The molecule has 0 aromatic carbocycles. The van der Waals surface area contributed by atoms with Gasteiger partial charge in [-0.1, -0.05) is 12.8 Å². The SMILES string of the molecule is CN(CCC1CC1)C(=O)c1cccn2cnnc12. The summed E-state index contributed by atoms with van der Waals surface area (Å²) in [6, 6.07) is 3.65. The van der Waals surface area contributed by atoms with Crippen LogP contribution in [0.2, 0.25) is 0 Å². The molecule has 5 nitrogen and oxygen atoms in total. The van der Waals surface area contributed by atoms with E-state index in [9.17, 15) is 4.79 Å². The zero-order valence-electron chi connectivity index (χ0n) is 10.4. The Morgan fingerprint density at radius 3 is 3.17 bits per heavy atom. The third-order valence-electron chi connectivity index (χ3n) is 3.47. The molecule has 3 rings (SSSR count). The number of amides is 1. The van der Waals surface area contributed by atoms with E-state index in [2.05, 4.69) is 10.2 Å². The van der Waals surface area contributed by atoms with E-state index < -0.39 is 0 Å². The number of carbonyl (C=O) groups excluding carboxylic acids is 1. The van der Waals surface area contributed by atoms with Crippen LogP contribution in [-0.2, 0) is 0 Å². The molecule has 2 heterocycles. The molecule has 2 aromatic heterocycles. The molecule has 94 valence electrons. The standard InChI is InChI=1S/C13H16N4O/c1-16(8-6-10-4-5-10)13(18)11-3-2-7-17-9-14-15-12(11)17/h2-3,7,9-10H,4-6,8H2,1H3. The maximum Gasteiger partial charge on any atom is 0.257 e. The summed E-state index contributed by atoms with van der Waals surface area (Å²) in [7, 11) is 1.85. The van der Waals surface area contributed by atoms with Crippen LogP contribution >= 0.6 is 0 Å². The maximum atomic E-state index is 12.3. The molecule has 0 atom stereocenters. The Labute approximate surface area is 105 Å². The number of aromatic nitrogens is 3. The predicted molar refractivity (Wildman–Crippen MR) is 67.3 cm³/mol. The first-order valence-corrected chi connectivity index (χ1v) is 6.29. The molecule has 0 aliphatic heterocycles. The number of carbonyl (C=O) groups is 1. The number of pyridine rings is 1. The minimum absolute atomic E-state index is 0.0225. The highest BCUT2D eigenvalue weighted by Gasteiger charge is 2.23. The zero-order valence-corrected chi connectivity index (χ0v) is 10.4. The second-order valence-corrected chi connectivity index (χ2v) is 4.94. The van der Waals surface area contributed by atoms with Crippen molar-refractivity contribution in [2.24, 2.45) is 5.92 Å². The summed E-state index contributed by atoms with van der Waals surface area (Å²) in [5.41, 5.74) is 1.24. The second-order valence-electron chi connectivity index (χ2n) is 4.94. The number of hydrogen-bond donors (Lipinski definition) is 0. The first-order chi connectivity index (χ1) is 8.75. The van der Waals surface area contributed by atoms with Gasteiger partial charge in [0.15, 0.2) is 5.65 Å². The van der Waals surface area contributed by atoms with Crippen LogP contribution in [0.15, 0.2) is 24.7 Å². The highest BCUT2D eigenvalue weighted by Crippen LogP contribution is 2.32. The van der Waals surface area contributed by atoms with E-state index in [4.69, 9.17) is 0 Å². The van der Waals surface area contributed by atoms with Crippen LogP contribution in [0.1, 0.15) is 29.6 Å². The molecule has 0 saturated heterocycles. The molecule has 1 aliphatic carbocycles. The van der Waals surface area contributed by atoms with Crippen LogP contribution in [0.4, 0.5) is 0 Å². The molecule has 1 aliphatic rings. The Bertz CT molecular complexity index is 573. The van der Waals surface area contributed by atoms with Gasteiger partial charge >= 0.3 is 0 Å². The molecule has 1 fully saturated rings. The lowest BCUT2D eigenvalue weighted by molar-refractivity contribution is 0.0793. The summed E-state index contributed by atoms with van der Waals surface area (Å²) >= 11 is 0. The van der Waals surface area contributed by atoms with Gasteiger partial charge in [-0.05, 0) is 24.5 Å². The van der Waals surface area contributed by atoms with Crippen LogP contribution in [0.25, 0.3) is 5.65 Å². The third-order valence-corrected chi connectivity index (χ3v) is 3.47. The number of nitrogens with zero attached hydrogens (tertiary/aromatic N) is 4. The van der Waals surface area contributed by atoms with E-state index in [-0.39, 0.29) is 5.91 Å². The van der Waals surface area contributed by atoms with Gasteiger partial charge in [0.1, 0.15) is 6.33 Å². The molecular weight excluding hydrogens is 228 g/mol. The van der Waals surface area contributed by atoms with E-state index >= 15 is 0 Å². The number of hydrogen-bond acceptors (Lipinski definition) is 3. The summed E-state index contributed by atoms with van der Waals surface area (Å²) in [4.78, 5) is 14.1. The van der Waals surface area contributed by atoms with Crippen molar-refractivity contribution in [2.45, 2.75) is 19.3 Å². The second kappa shape index (κ2) is 4.40. The van der Waals surface area contributed by atoms with Gasteiger partial charge in [0.05, 0.1) is 5.56 Å². The molecule has 5 heteroatoms. The Kier molecular flexibility index (Phi) is 2.74. The van der Waals surface area contributed by atoms with Crippen molar-refractivity contribution < 1.29 is 4.79 Å². The van der Waals surface area contributed by atoms with E-state index in [0.717, 1.165) is 18.9 Å². The van der Waals surface area contributed by atoms with Crippen molar-refractivity contribution in [1.29, 1.82) is 0 Å². The summed E-state index contributed by atoms with van der Waals surface area (Å²) in [5, 5.41) is 7.83. The molecule has 1 amide bonds. The van der Waals surface area contributed by atoms with Crippen molar-refractivity contribution in [3.63, 3.8) is 0 Å². The van der Waals surface area contributed by atoms with Crippen LogP contribution in [0, 0.1) is 5.92 Å². The Morgan fingerprint density at radius 1 is 1.56 bits per heavy atom. The lowest BCUT2D eigenvalue weighted by Gasteiger charge is -2.17. The van der Waals surface area contributed by atoms with E-state index in [1.54, 1.807) is 21.7 Å². The average Bonchev–Trinajstić information content (AvgIpc) is 3.09. The van der Waals surface area contributed by atoms with Crippen LogP contribution < -0.4 is 0 Å². The summed E-state index contributed by atoms with van der Waals surface area (Å²) in [6.07, 6.45) is 7.20. The zero-order chi connectivity index (χ0) is 12.5. The Balaban J connectivity index is 1.79. The van der Waals surface area contributed by atoms with Gasteiger partial charge < -0.3 is 4.90 Å². The monoisotopic (exact) mass is 244 g/mol. The topological polar surface area (TPSA) is 50.5 Å². The van der Waals surface area contributed by atoms with Gasteiger partial charge in [0.2, 0.25) is 0 Å². The third kappa shape index (κ3) is 2.08. The lowest BCUT2D eigenvalue weighted by atomic mass is 10.2. The summed E-state index contributed by atoms with van der Waals surface area (Å²) in [5.74, 6) is 0.860. The molecular formula is C13H16N4O. The minimum atomic E-state index is 0.0225. The molecule has 0 bridgehead atoms. The molecule has 2 aromatic rings. The Morgan fingerprint density at radius 2 is 2.39 bits per heavy atom. The smallest absolute Gasteiger partial charge is 0.257 e. The van der Waals surface area contributed by atoms with Gasteiger partial charge in [0.25, 0.3) is 5.91 Å². The van der Waals surface area contributed by atoms with Gasteiger partial charge in [-0.25, -0.2) is 0 Å². The van der Waals surface area contributed by atoms with Gasteiger partial charge in [-0.15, -0.1) is 10.2 Å². The average molecular weight is 244 g/mol. The van der Waals surface area contributed by atoms with Gasteiger partial charge in [-0.3, -0.25) is 9.20 Å². The van der Waals surface area contributed by atoms with Crippen LogP contribution in [0.5, 0.6) is 0 Å². The fourth-order valence-electron chi connectivity index (χ4n) is 2.11. The van der Waals surface area contributed by atoms with E-state index in [1.807, 2.05) is 19.3 Å². The lowest BCUT2D eigenvalue weighted by Crippen LogP contribution is -2.28. The van der Waals surface area contributed by atoms with Crippen molar-refractivity contribution in [3.8, 4) is 0 Å². The van der Waals surface area contributed by atoms with E-state index in [0.29, 0.717) is 11.2 Å². The largest absolute Gasteiger partial charge is 0.342 e. The summed E-state index contributed by atoms with van der Waals surface area (Å²) < 4.78 is 1.77. The molecule has 0 radical (unpaired) electrons. The van der Waals surface area contributed by atoms with Crippen LogP contribution in [-0.4, -0.2) is 39.0 Å². The normalized spacial score (nSPS) is 14.9. The maximum absolute atomic E-state index is 12.3. The van der Waals surface area contributed by atoms with E-state index in [1.165, 1.54) is 12.8 Å². The van der Waals surface area contributed by atoms with Crippen LogP contribution in [0.3, 0.4) is 0 Å². The van der Waals surface area contributed by atoms with Crippen molar-refractivity contribution in [2.75, 3.05) is 13.6 Å². The first-order valence-electron chi connectivity index (χ1n) is 6.29. The fraction of sp³-hybridized carbons (Fsp3) is 0.462. The summed E-state index contributed by atoms with van der Waals surface area (Å²) in [6.45, 7) is 0.818. The molecule has 0 N–H and O–H groups in total. The molecule has 0 unspecified atom stereocenters. The minimum Gasteiger partial charge on any atom is -0.342 e. The quantitative estimate of drug-likeness (QED) is 0.821. The molecule has 18 heavy (non-hydrogen) atoms. The number of rotatable bonds is 4. The predicted octanol–water partition coefficient (Wildman–Crippen LogP) is 1.60. The highest BCUT2D eigenvalue weighted by atomic mass is 16.2. The number of fused-ring (bicyclic) bond motifs is 1. The Hall–Kier alpha value is -1.91. The first kappa shape index (κ1) is 11.2. The van der Waals surface area contributed by atoms with Gasteiger partial charge in [-0.2, -0.15) is 0 Å². The van der Waals surface area contributed by atoms with Crippen molar-refractivity contribution >= 4 is 11.6 Å². The highest BCUT2D eigenvalue weighted by molar-refractivity contribution is 5.99. The molecule has 1 saturated carbocycles.